The van der Waals surface area contributed by atoms with Gasteiger partial charge in [-0.1, -0.05) is 0 Å². The Morgan fingerprint density at radius 2 is 1.71 bits per heavy atom. The summed E-state index contributed by atoms with van der Waals surface area (Å²) in [6, 6.07) is 0. The second-order valence-corrected chi connectivity index (χ2v) is 3.47. The molecule has 0 radical (unpaired) electrons. The maximum absolute atomic E-state index is 9.60. The molecule has 84 valence electrons. The normalized spacial score (nSPS) is 25.7. The van der Waals surface area contributed by atoms with E-state index in [1.165, 1.54) is 0 Å². The topological polar surface area (TPSA) is 105 Å². The summed E-state index contributed by atoms with van der Waals surface area (Å²) in [5.74, 6) is 0. The van der Waals surface area contributed by atoms with Crippen molar-refractivity contribution in [1.82, 2.24) is 10.6 Å². The molecule has 0 aromatic heterocycles. The lowest BCUT2D eigenvalue weighted by atomic mass is 10.0. The van der Waals surface area contributed by atoms with Crippen LogP contribution in [0.25, 0.3) is 0 Å². The molecule has 1 rings (SSSR count). The summed E-state index contributed by atoms with van der Waals surface area (Å²) < 4.78 is 0. The molecule has 0 aromatic rings. The predicted octanol–water partition coefficient (Wildman–Crippen LogP) is -3.03. The van der Waals surface area contributed by atoms with Crippen molar-refractivity contribution in [2.24, 2.45) is 0 Å². The first-order chi connectivity index (χ1) is 6.66. The van der Waals surface area contributed by atoms with Gasteiger partial charge < -0.3 is 20.4 Å². The molecule has 6 nitrogen and oxygen atoms in total. The third-order valence-electron chi connectivity index (χ3n) is 2.35. The van der Waals surface area contributed by atoms with Crippen LogP contribution in [-0.2, 0) is 0 Å². The van der Waals surface area contributed by atoms with Crippen LogP contribution in [0, 0.1) is 0 Å². The van der Waals surface area contributed by atoms with E-state index < -0.39 is 31.1 Å². The van der Waals surface area contributed by atoms with Crippen molar-refractivity contribution >= 4 is 0 Å². The monoisotopic (exact) mass is 206 g/mol. The lowest BCUT2D eigenvalue weighted by Gasteiger charge is -2.33. The van der Waals surface area contributed by atoms with Crippen molar-refractivity contribution in [1.29, 1.82) is 0 Å². The number of nitrogens with one attached hydrogen (secondary N) is 2. The van der Waals surface area contributed by atoms with Crippen molar-refractivity contribution < 1.29 is 20.4 Å². The van der Waals surface area contributed by atoms with Crippen molar-refractivity contribution in [2.75, 3.05) is 19.7 Å². The van der Waals surface area contributed by atoms with Gasteiger partial charge in [0.2, 0.25) is 0 Å². The molecular formula is C8H18N2O4. The number of hydrogen-bond donors (Lipinski definition) is 6. The molecule has 0 aromatic carbocycles. The molecule has 14 heavy (non-hydrogen) atoms. The molecule has 1 aliphatic rings. The summed E-state index contributed by atoms with van der Waals surface area (Å²) in [5, 5.41) is 42.6. The average Bonchev–Trinajstić information content (AvgIpc) is 2.27. The number of hydrogen-bond acceptors (Lipinski definition) is 6. The molecule has 0 bridgehead atoms. The minimum Gasteiger partial charge on any atom is -0.394 e. The van der Waals surface area contributed by atoms with E-state index in [-0.39, 0.29) is 0 Å². The Kier molecular flexibility index (Phi) is 4.73. The molecule has 0 unspecified atom stereocenters. The predicted molar refractivity (Wildman–Crippen MR) is 49.5 cm³/mol. The van der Waals surface area contributed by atoms with Gasteiger partial charge >= 0.3 is 0 Å². The highest BCUT2D eigenvalue weighted by Crippen LogP contribution is 2.05. The van der Waals surface area contributed by atoms with Crippen LogP contribution in [0.4, 0.5) is 0 Å². The molecule has 1 saturated heterocycles. The fourth-order valence-corrected chi connectivity index (χ4v) is 1.45. The SMILES string of the molecule is OC[C@@H](O)[C@H](O)[C@@H](O)C1NCCCN1. The summed E-state index contributed by atoms with van der Waals surface area (Å²) in [7, 11) is 0. The average molecular weight is 206 g/mol. The van der Waals surface area contributed by atoms with Crippen LogP contribution < -0.4 is 10.6 Å². The minimum absolute atomic E-state index is 0.431. The zero-order valence-electron chi connectivity index (χ0n) is 7.93. The lowest BCUT2D eigenvalue weighted by molar-refractivity contribution is -0.0920. The second-order valence-electron chi connectivity index (χ2n) is 3.47. The second kappa shape index (κ2) is 5.59. The Balaban J connectivity index is 2.41. The first-order valence-electron chi connectivity index (χ1n) is 4.78. The fourth-order valence-electron chi connectivity index (χ4n) is 1.45. The Labute approximate surface area is 82.6 Å². The number of aliphatic hydroxyl groups is 4. The van der Waals surface area contributed by atoms with Gasteiger partial charge in [0.15, 0.2) is 0 Å². The van der Waals surface area contributed by atoms with E-state index in [0.717, 1.165) is 19.5 Å². The first-order valence-corrected chi connectivity index (χ1v) is 4.78. The van der Waals surface area contributed by atoms with Gasteiger partial charge in [-0.05, 0) is 19.5 Å². The third-order valence-corrected chi connectivity index (χ3v) is 2.35. The van der Waals surface area contributed by atoms with Gasteiger partial charge in [-0.25, -0.2) is 0 Å². The van der Waals surface area contributed by atoms with Crippen molar-refractivity contribution in [3.63, 3.8) is 0 Å². The molecule has 0 spiro atoms. The molecular weight excluding hydrogens is 188 g/mol. The van der Waals surface area contributed by atoms with Crippen LogP contribution in [-0.4, -0.2) is 64.6 Å². The lowest BCUT2D eigenvalue weighted by Crippen LogP contribution is -2.60. The van der Waals surface area contributed by atoms with Crippen molar-refractivity contribution in [3.05, 3.63) is 0 Å². The van der Waals surface area contributed by atoms with Crippen molar-refractivity contribution in [2.45, 2.75) is 30.9 Å². The van der Waals surface area contributed by atoms with Gasteiger partial charge in [-0.2, -0.15) is 0 Å². The Bertz CT molecular complexity index is 161. The van der Waals surface area contributed by atoms with Gasteiger partial charge in [-0.3, -0.25) is 10.6 Å². The highest BCUT2D eigenvalue weighted by atomic mass is 16.4. The maximum Gasteiger partial charge on any atom is 0.111 e. The summed E-state index contributed by atoms with van der Waals surface area (Å²) in [6.07, 6.45) is -3.25. The van der Waals surface area contributed by atoms with E-state index in [0.29, 0.717) is 0 Å². The Morgan fingerprint density at radius 3 is 2.21 bits per heavy atom. The molecule has 0 aliphatic carbocycles. The van der Waals surface area contributed by atoms with Crippen LogP contribution >= 0.6 is 0 Å². The summed E-state index contributed by atoms with van der Waals surface area (Å²) in [6.45, 7) is 0.957. The van der Waals surface area contributed by atoms with E-state index in [1.54, 1.807) is 0 Å². The fraction of sp³-hybridized carbons (Fsp3) is 1.00. The first kappa shape index (κ1) is 11.8. The van der Waals surface area contributed by atoms with Crippen LogP contribution in [0.2, 0.25) is 0 Å². The van der Waals surface area contributed by atoms with Crippen LogP contribution in [0.3, 0.4) is 0 Å². The third kappa shape index (κ3) is 2.88. The Morgan fingerprint density at radius 1 is 1.14 bits per heavy atom. The summed E-state index contributed by atoms with van der Waals surface area (Å²) >= 11 is 0. The van der Waals surface area contributed by atoms with Gasteiger partial charge in [-0.15, -0.1) is 0 Å². The van der Waals surface area contributed by atoms with E-state index in [4.69, 9.17) is 10.2 Å². The Hall–Kier alpha value is -0.240. The molecule has 0 saturated carbocycles. The standard InChI is InChI=1S/C8H18N2O4/c11-4-5(12)6(13)7(14)8-9-2-1-3-10-8/h5-14H,1-4H2/t5-,6+,7-/m1/s1. The van der Waals surface area contributed by atoms with Crippen LogP contribution in [0.15, 0.2) is 0 Å². The molecule has 1 fully saturated rings. The van der Waals surface area contributed by atoms with Gasteiger partial charge in [0, 0.05) is 0 Å². The zero-order valence-corrected chi connectivity index (χ0v) is 7.93. The molecule has 0 amide bonds. The zero-order chi connectivity index (χ0) is 10.6. The quantitative estimate of drug-likeness (QED) is 0.292. The molecule has 6 heteroatoms. The molecule has 3 atom stereocenters. The van der Waals surface area contributed by atoms with E-state index in [9.17, 15) is 10.2 Å². The van der Waals surface area contributed by atoms with Gasteiger partial charge in [0.05, 0.1) is 12.8 Å². The van der Waals surface area contributed by atoms with E-state index >= 15 is 0 Å². The summed E-state index contributed by atoms with van der Waals surface area (Å²) in [4.78, 5) is 0. The highest BCUT2D eigenvalue weighted by molar-refractivity contribution is 4.85. The summed E-state index contributed by atoms with van der Waals surface area (Å²) in [5.41, 5.74) is 0. The van der Waals surface area contributed by atoms with E-state index in [2.05, 4.69) is 10.6 Å². The van der Waals surface area contributed by atoms with E-state index in [1.807, 2.05) is 0 Å². The molecule has 1 heterocycles. The molecule has 6 N–H and O–H groups in total. The minimum atomic E-state index is -1.34. The highest BCUT2D eigenvalue weighted by Gasteiger charge is 2.31. The maximum atomic E-state index is 9.60. The van der Waals surface area contributed by atoms with Gasteiger partial charge in [0.1, 0.15) is 18.3 Å². The number of rotatable bonds is 4. The van der Waals surface area contributed by atoms with Crippen LogP contribution in [0.1, 0.15) is 6.42 Å². The number of aliphatic hydroxyl groups excluding tert-OH is 4. The smallest absolute Gasteiger partial charge is 0.111 e. The largest absolute Gasteiger partial charge is 0.394 e. The van der Waals surface area contributed by atoms with Crippen molar-refractivity contribution in [3.8, 4) is 0 Å². The van der Waals surface area contributed by atoms with Gasteiger partial charge in [0.25, 0.3) is 0 Å². The van der Waals surface area contributed by atoms with Crippen LogP contribution in [0.5, 0.6) is 0 Å². The molecule has 1 aliphatic heterocycles.